The number of carbonyl (C=O) groups excluding carboxylic acids is 1. The van der Waals surface area contributed by atoms with Crippen molar-refractivity contribution in [3.63, 3.8) is 0 Å². The van der Waals surface area contributed by atoms with E-state index in [2.05, 4.69) is 5.32 Å². The standard InChI is InChI=1S/C20H24N2O4S/c1-14(2)22(3)27(24,25)16-8-6-7-15(13-16)20(23)21-18-11-12-26-19-10-5-4-9-17(18)19/h4-10,13-14,18H,11-12H2,1-3H3,(H,21,23). The van der Waals surface area contributed by atoms with Crippen LogP contribution in [0.15, 0.2) is 53.4 Å². The molecule has 0 fully saturated rings. The third-order valence-corrected chi connectivity index (χ3v) is 6.79. The first-order valence-electron chi connectivity index (χ1n) is 8.91. The van der Waals surface area contributed by atoms with Gasteiger partial charge in [-0.3, -0.25) is 4.79 Å². The number of carbonyl (C=O) groups is 1. The molecule has 1 N–H and O–H groups in total. The average Bonchev–Trinajstić information content (AvgIpc) is 2.67. The number of rotatable bonds is 5. The molecule has 0 bridgehead atoms. The normalized spacial score (nSPS) is 16.7. The lowest BCUT2D eigenvalue weighted by molar-refractivity contribution is 0.0924. The zero-order chi connectivity index (χ0) is 19.6. The van der Waals surface area contributed by atoms with E-state index < -0.39 is 10.0 Å². The Morgan fingerprint density at radius 2 is 1.93 bits per heavy atom. The van der Waals surface area contributed by atoms with Gasteiger partial charge in [-0.05, 0) is 38.1 Å². The molecule has 0 aliphatic carbocycles. The van der Waals surface area contributed by atoms with Crippen molar-refractivity contribution in [1.82, 2.24) is 9.62 Å². The average molecular weight is 388 g/mol. The molecule has 1 aliphatic rings. The van der Waals surface area contributed by atoms with Crippen LogP contribution in [0.2, 0.25) is 0 Å². The second kappa shape index (κ2) is 7.70. The van der Waals surface area contributed by atoms with Gasteiger partial charge < -0.3 is 10.1 Å². The summed E-state index contributed by atoms with van der Waals surface area (Å²) in [5.74, 6) is 0.463. The fourth-order valence-electron chi connectivity index (χ4n) is 2.98. The summed E-state index contributed by atoms with van der Waals surface area (Å²) >= 11 is 0. The Labute approximate surface area is 160 Å². The molecule has 0 saturated heterocycles. The smallest absolute Gasteiger partial charge is 0.251 e. The van der Waals surface area contributed by atoms with Gasteiger partial charge in [0.15, 0.2) is 0 Å². The summed E-state index contributed by atoms with van der Waals surface area (Å²) in [4.78, 5) is 12.9. The van der Waals surface area contributed by atoms with Crippen LogP contribution in [0.1, 0.15) is 42.2 Å². The van der Waals surface area contributed by atoms with Gasteiger partial charge in [0.25, 0.3) is 5.91 Å². The Morgan fingerprint density at radius 1 is 1.19 bits per heavy atom. The third kappa shape index (κ3) is 3.99. The molecule has 3 rings (SSSR count). The van der Waals surface area contributed by atoms with E-state index in [1.165, 1.54) is 23.5 Å². The van der Waals surface area contributed by atoms with Crippen molar-refractivity contribution in [3.8, 4) is 5.75 Å². The number of nitrogens with one attached hydrogen (secondary N) is 1. The van der Waals surface area contributed by atoms with Crippen molar-refractivity contribution in [2.24, 2.45) is 0 Å². The second-order valence-corrected chi connectivity index (χ2v) is 8.84. The highest BCUT2D eigenvalue weighted by Gasteiger charge is 2.26. The minimum atomic E-state index is -3.64. The summed E-state index contributed by atoms with van der Waals surface area (Å²) in [6, 6.07) is 13.4. The SMILES string of the molecule is CC(C)N(C)S(=O)(=O)c1cccc(C(=O)NC2CCOc3ccccc32)c1. The highest BCUT2D eigenvalue weighted by atomic mass is 32.2. The van der Waals surface area contributed by atoms with E-state index in [-0.39, 0.29) is 22.9 Å². The van der Waals surface area contributed by atoms with E-state index in [0.717, 1.165) is 11.3 Å². The number of nitrogens with zero attached hydrogens (tertiary/aromatic N) is 1. The first-order chi connectivity index (χ1) is 12.8. The van der Waals surface area contributed by atoms with Crippen LogP contribution in [0.25, 0.3) is 0 Å². The van der Waals surface area contributed by atoms with Gasteiger partial charge in [-0.2, -0.15) is 4.31 Å². The second-order valence-electron chi connectivity index (χ2n) is 6.84. The molecular weight excluding hydrogens is 364 g/mol. The van der Waals surface area contributed by atoms with E-state index in [9.17, 15) is 13.2 Å². The van der Waals surface area contributed by atoms with Gasteiger partial charge in [0.2, 0.25) is 10.0 Å². The first-order valence-corrected chi connectivity index (χ1v) is 10.4. The Morgan fingerprint density at radius 3 is 2.67 bits per heavy atom. The van der Waals surface area contributed by atoms with Crippen molar-refractivity contribution < 1.29 is 17.9 Å². The van der Waals surface area contributed by atoms with Crippen LogP contribution in [0.3, 0.4) is 0 Å². The van der Waals surface area contributed by atoms with E-state index >= 15 is 0 Å². The molecule has 1 aliphatic heterocycles. The van der Waals surface area contributed by atoms with Gasteiger partial charge >= 0.3 is 0 Å². The van der Waals surface area contributed by atoms with Crippen LogP contribution in [-0.4, -0.2) is 38.3 Å². The minimum absolute atomic E-state index is 0.110. The number of hydrogen-bond acceptors (Lipinski definition) is 4. The molecule has 0 radical (unpaired) electrons. The molecule has 0 aromatic heterocycles. The van der Waals surface area contributed by atoms with Gasteiger partial charge in [-0.25, -0.2) is 8.42 Å². The number of fused-ring (bicyclic) bond motifs is 1. The maximum Gasteiger partial charge on any atom is 0.251 e. The number of amides is 1. The third-order valence-electron chi connectivity index (χ3n) is 4.76. The van der Waals surface area contributed by atoms with Crippen molar-refractivity contribution in [2.75, 3.05) is 13.7 Å². The van der Waals surface area contributed by atoms with Crippen LogP contribution < -0.4 is 10.1 Å². The van der Waals surface area contributed by atoms with E-state index in [4.69, 9.17) is 4.74 Å². The molecule has 1 atom stereocenters. The predicted octanol–water partition coefficient (Wildman–Crippen LogP) is 2.97. The van der Waals surface area contributed by atoms with Crippen molar-refractivity contribution in [2.45, 2.75) is 37.2 Å². The molecule has 2 aromatic carbocycles. The molecule has 2 aromatic rings. The lowest BCUT2D eigenvalue weighted by Gasteiger charge is -2.26. The molecular formula is C20H24N2O4S. The Balaban J connectivity index is 1.83. The Kier molecular flexibility index (Phi) is 5.53. The lowest BCUT2D eigenvalue weighted by atomic mass is 10.00. The van der Waals surface area contributed by atoms with Crippen molar-refractivity contribution in [3.05, 3.63) is 59.7 Å². The molecule has 27 heavy (non-hydrogen) atoms. The highest BCUT2D eigenvalue weighted by molar-refractivity contribution is 7.89. The molecule has 1 heterocycles. The molecule has 0 spiro atoms. The topological polar surface area (TPSA) is 75.7 Å². The van der Waals surface area contributed by atoms with Crippen LogP contribution >= 0.6 is 0 Å². The molecule has 1 amide bonds. The van der Waals surface area contributed by atoms with E-state index in [1.54, 1.807) is 26.0 Å². The molecule has 6 nitrogen and oxygen atoms in total. The fourth-order valence-corrected chi connectivity index (χ4v) is 4.39. The van der Waals surface area contributed by atoms with Crippen molar-refractivity contribution >= 4 is 15.9 Å². The number of sulfonamides is 1. The van der Waals surface area contributed by atoms with Gasteiger partial charge in [-0.1, -0.05) is 24.3 Å². The van der Waals surface area contributed by atoms with E-state index in [0.29, 0.717) is 18.6 Å². The summed E-state index contributed by atoms with van der Waals surface area (Å²) in [7, 11) is -2.11. The largest absolute Gasteiger partial charge is 0.493 e. The Hall–Kier alpha value is -2.38. The summed E-state index contributed by atoms with van der Waals surface area (Å²) in [5, 5.41) is 2.99. The Bertz CT molecular complexity index is 941. The zero-order valence-corrected chi connectivity index (χ0v) is 16.5. The highest BCUT2D eigenvalue weighted by Crippen LogP contribution is 2.31. The number of ether oxygens (including phenoxy) is 1. The summed E-state index contributed by atoms with van der Waals surface area (Å²) in [5.41, 5.74) is 1.25. The van der Waals surface area contributed by atoms with Gasteiger partial charge in [0.1, 0.15) is 5.75 Å². The van der Waals surface area contributed by atoms with Crippen LogP contribution in [0.4, 0.5) is 0 Å². The lowest BCUT2D eigenvalue weighted by Crippen LogP contribution is -2.34. The van der Waals surface area contributed by atoms with Gasteiger partial charge in [0, 0.05) is 30.6 Å². The monoisotopic (exact) mass is 388 g/mol. The van der Waals surface area contributed by atoms with E-state index in [1.807, 2.05) is 24.3 Å². The molecule has 7 heteroatoms. The molecule has 144 valence electrons. The van der Waals surface area contributed by atoms with Crippen molar-refractivity contribution in [1.29, 1.82) is 0 Å². The maximum atomic E-state index is 12.7. The number of benzene rings is 2. The van der Waals surface area contributed by atoms with Crippen LogP contribution in [-0.2, 0) is 10.0 Å². The molecule has 0 saturated carbocycles. The minimum Gasteiger partial charge on any atom is -0.493 e. The van der Waals surface area contributed by atoms with Gasteiger partial charge in [0.05, 0.1) is 17.5 Å². The molecule has 1 unspecified atom stereocenters. The summed E-state index contributed by atoms with van der Waals surface area (Å²) in [6.07, 6.45) is 0.664. The maximum absolute atomic E-state index is 12.7. The zero-order valence-electron chi connectivity index (χ0n) is 15.7. The number of para-hydroxylation sites is 1. The summed E-state index contributed by atoms with van der Waals surface area (Å²) in [6.45, 7) is 4.13. The quantitative estimate of drug-likeness (QED) is 0.854. The number of hydrogen-bond donors (Lipinski definition) is 1. The first kappa shape index (κ1) is 19.4. The predicted molar refractivity (Wildman–Crippen MR) is 103 cm³/mol. The summed E-state index contributed by atoms with van der Waals surface area (Å²) < 4.78 is 32.3. The fraction of sp³-hybridized carbons (Fsp3) is 0.350. The van der Waals surface area contributed by atoms with Crippen LogP contribution in [0.5, 0.6) is 5.75 Å². The van der Waals surface area contributed by atoms with Crippen LogP contribution in [0, 0.1) is 0 Å². The van der Waals surface area contributed by atoms with Gasteiger partial charge in [-0.15, -0.1) is 0 Å².